The highest BCUT2D eigenvalue weighted by Crippen LogP contribution is 2.36. The zero-order valence-electron chi connectivity index (χ0n) is 28.8. The van der Waals surface area contributed by atoms with Crippen LogP contribution >= 0.6 is 0 Å². The number of para-hydroxylation sites is 1. The number of rotatable bonds is 6. The molecule has 248 valence electrons. The minimum absolute atomic E-state index is 0.636. The van der Waals surface area contributed by atoms with Crippen LogP contribution < -0.4 is 0 Å². The summed E-state index contributed by atoms with van der Waals surface area (Å²) in [5, 5.41) is 5.00. The maximum Gasteiger partial charge on any atom is 0.164 e. The molecule has 4 heteroatoms. The van der Waals surface area contributed by atoms with Crippen LogP contribution in [-0.2, 0) is 0 Å². The second-order valence-corrected chi connectivity index (χ2v) is 13.3. The predicted molar refractivity (Wildman–Crippen MR) is 219 cm³/mol. The van der Waals surface area contributed by atoms with Crippen LogP contribution in [0.25, 0.3) is 94.7 Å². The Morgan fingerprint density at radius 3 is 1.47 bits per heavy atom. The third-order valence-electron chi connectivity index (χ3n) is 10.0. The van der Waals surface area contributed by atoms with Gasteiger partial charge in [-0.3, -0.25) is 0 Å². The zero-order chi connectivity index (χ0) is 35.1. The van der Waals surface area contributed by atoms with Crippen LogP contribution in [0.1, 0.15) is 0 Å². The Labute approximate surface area is 307 Å². The van der Waals surface area contributed by atoms with Crippen LogP contribution in [-0.4, -0.2) is 19.5 Å². The summed E-state index contributed by atoms with van der Waals surface area (Å²) in [6, 6.07) is 68.2. The van der Waals surface area contributed by atoms with Crippen LogP contribution in [0.4, 0.5) is 0 Å². The van der Waals surface area contributed by atoms with Crippen LogP contribution in [0, 0.1) is 0 Å². The Bertz CT molecular complexity index is 2910. The second-order valence-electron chi connectivity index (χ2n) is 13.3. The van der Waals surface area contributed by atoms with Crippen LogP contribution in [0.3, 0.4) is 0 Å². The van der Waals surface area contributed by atoms with E-state index < -0.39 is 0 Å². The van der Waals surface area contributed by atoms with Gasteiger partial charge < -0.3 is 4.57 Å². The largest absolute Gasteiger partial charge is 0.309 e. The molecule has 0 N–H and O–H groups in total. The molecular formula is C49H32N4. The molecular weight excluding hydrogens is 645 g/mol. The van der Waals surface area contributed by atoms with Gasteiger partial charge in [-0.1, -0.05) is 158 Å². The number of benzene rings is 8. The van der Waals surface area contributed by atoms with Gasteiger partial charge in [0.15, 0.2) is 17.5 Å². The Kier molecular flexibility index (Phi) is 7.43. The van der Waals surface area contributed by atoms with Gasteiger partial charge in [-0.05, 0) is 69.4 Å². The minimum Gasteiger partial charge on any atom is -0.309 e. The van der Waals surface area contributed by atoms with E-state index in [4.69, 9.17) is 15.0 Å². The van der Waals surface area contributed by atoms with Gasteiger partial charge in [0.2, 0.25) is 0 Å². The molecule has 0 fully saturated rings. The van der Waals surface area contributed by atoms with Crippen molar-refractivity contribution in [3.05, 3.63) is 194 Å². The van der Waals surface area contributed by atoms with Gasteiger partial charge in [-0.15, -0.1) is 0 Å². The number of fused-ring (bicyclic) bond motifs is 4. The van der Waals surface area contributed by atoms with Gasteiger partial charge in [0, 0.05) is 33.2 Å². The first-order chi connectivity index (χ1) is 26.2. The average Bonchev–Trinajstić information content (AvgIpc) is 3.56. The topological polar surface area (TPSA) is 43.6 Å². The molecule has 0 atom stereocenters. The third kappa shape index (κ3) is 5.63. The molecule has 53 heavy (non-hydrogen) atoms. The molecule has 10 aromatic rings. The van der Waals surface area contributed by atoms with Gasteiger partial charge in [-0.25, -0.2) is 15.0 Å². The fraction of sp³-hybridized carbons (Fsp3) is 0. The molecule has 10 rings (SSSR count). The van der Waals surface area contributed by atoms with Crippen molar-refractivity contribution in [1.82, 2.24) is 19.5 Å². The lowest BCUT2D eigenvalue weighted by atomic mass is 10.0. The zero-order valence-corrected chi connectivity index (χ0v) is 28.8. The van der Waals surface area contributed by atoms with E-state index in [1.54, 1.807) is 0 Å². The SMILES string of the molecule is c1ccc(-c2ccc(-c3nc(-c4ccccc4)nc(-c4cccc(-c5ccc(-n6c7ccccc7c7cc8ccccc8cc76)cc5)c4)n3)cc2)cc1. The van der Waals surface area contributed by atoms with Crippen molar-refractivity contribution in [2.75, 3.05) is 0 Å². The minimum atomic E-state index is 0.636. The van der Waals surface area contributed by atoms with Crippen molar-refractivity contribution in [3.8, 4) is 62.1 Å². The molecule has 0 bridgehead atoms. The maximum absolute atomic E-state index is 5.04. The van der Waals surface area contributed by atoms with Crippen LogP contribution in [0.5, 0.6) is 0 Å². The summed E-state index contributed by atoms with van der Waals surface area (Å²) in [7, 11) is 0. The molecule has 0 saturated heterocycles. The molecule has 8 aromatic carbocycles. The van der Waals surface area contributed by atoms with Gasteiger partial charge >= 0.3 is 0 Å². The maximum atomic E-state index is 5.04. The third-order valence-corrected chi connectivity index (χ3v) is 10.0. The average molecular weight is 677 g/mol. The number of aromatic nitrogens is 4. The number of hydrogen-bond acceptors (Lipinski definition) is 3. The predicted octanol–water partition coefficient (Wildman–Crippen LogP) is 12.5. The Balaban J connectivity index is 1.03. The van der Waals surface area contributed by atoms with Crippen LogP contribution in [0.15, 0.2) is 194 Å². The smallest absolute Gasteiger partial charge is 0.164 e. The molecule has 0 aliphatic heterocycles. The molecule has 0 aliphatic rings. The Hall–Kier alpha value is -7.17. The number of nitrogens with zero attached hydrogens (tertiary/aromatic N) is 4. The number of hydrogen-bond donors (Lipinski definition) is 0. The summed E-state index contributed by atoms with van der Waals surface area (Å²) in [4.78, 5) is 15.0. The molecule has 0 saturated carbocycles. The van der Waals surface area contributed by atoms with Crippen molar-refractivity contribution in [1.29, 1.82) is 0 Å². The van der Waals surface area contributed by atoms with E-state index in [0.29, 0.717) is 17.5 Å². The molecule has 0 unspecified atom stereocenters. The van der Waals surface area contributed by atoms with Gasteiger partial charge in [0.25, 0.3) is 0 Å². The quantitative estimate of drug-likeness (QED) is 0.176. The highest BCUT2D eigenvalue weighted by Gasteiger charge is 2.15. The monoisotopic (exact) mass is 676 g/mol. The van der Waals surface area contributed by atoms with Crippen molar-refractivity contribution in [2.45, 2.75) is 0 Å². The summed E-state index contributed by atoms with van der Waals surface area (Å²) in [5.74, 6) is 1.92. The molecule has 0 radical (unpaired) electrons. The van der Waals surface area contributed by atoms with E-state index in [1.165, 1.54) is 38.1 Å². The first kappa shape index (κ1) is 30.6. The summed E-state index contributed by atoms with van der Waals surface area (Å²) < 4.78 is 2.38. The Morgan fingerprint density at radius 1 is 0.283 bits per heavy atom. The highest BCUT2D eigenvalue weighted by atomic mass is 15.0. The van der Waals surface area contributed by atoms with Gasteiger partial charge in [0.05, 0.1) is 11.0 Å². The lowest BCUT2D eigenvalue weighted by molar-refractivity contribution is 1.07. The van der Waals surface area contributed by atoms with Crippen molar-refractivity contribution >= 4 is 32.6 Å². The Morgan fingerprint density at radius 2 is 0.755 bits per heavy atom. The van der Waals surface area contributed by atoms with Gasteiger partial charge in [0.1, 0.15) is 0 Å². The van der Waals surface area contributed by atoms with E-state index in [2.05, 4.69) is 162 Å². The first-order valence-corrected chi connectivity index (χ1v) is 17.9. The molecule has 4 nitrogen and oxygen atoms in total. The van der Waals surface area contributed by atoms with E-state index in [1.807, 2.05) is 36.4 Å². The van der Waals surface area contributed by atoms with Crippen molar-refractivity contribution in [3.63, 3.8) is 0 Å². The van der Waals surface area contributed by atoms with E-state index >= 15 is 0 Å². The lowest BCUT2D eigenvalue weighted by Crippen LogP contribution is -2.00. The van der Waals surface area contributed by atoms with E-state index in [0.717, 1.165) is 39.1 Å². The standard InChI is InChI=1S/C49H32N4/c1-3-12-33(13-4-1)34-22-24-37(25-23-34)48-50-47(36-14-5-2-6-15-36)51-49(52-48)41-19-11-18-38(30-41)35-26-28-42(29-27-35)53-45-21-10-9-20-43(45)44-31-39-16-7-8-17-40(39)32-46(44)53/h1-32H. The second kappa shape index (κ2) is 12.9. The molecule has 2 aromatic heterocycles. The van der Waals surface area contributed by atoms with Gasteiger partial charge in [-0.2, -0.15) is 0 Å². The molecule has 0 aliphatic carbocycles. The molecule has 0 amide bonds. The summed E-state index contributed by atoms with van der Waals surface area (Å²) >= 11 is 0. The summed E-state index contributed by atoms with van der Waals surface area (Å²) in [5.41, 5.74) is 10.9. The van der Waals surface area contributed by atoms with Crippen molar-refractivity contribution < 1.29 is 0 Å². The lowest BCUT2D eigenvalue weighted by Gasteiger charge is -2.11. The highest BCUT2D eigenvalue weighted by molar-refractivity contribution is 6.13. The van der Waals surface area contributed by atoms with E-state index in [9.17, 15) is 0 Å². The molecule has 0 spiro atoms. The van der Waals surface area contributed by atoms with Crippen LogP contribution in [0.2, 0.25) is 0 Å². The summed E-state index contributed by atoms with van der Waals surface area (Å²) in [6.07, 6.45) is 0. The summed E-state index contributed by atoms with van der Waals surface area (Å²) in [6.45, 7) is 0. The normalized spacial score (nSPS) is 11.4. The van der Waals surface area contributed by atoms with Crippen molar-refractivity contribution in [2.24, 2.45) is 0 Å². The fourth-order valence-corrected chi connectivity index (χ4v) is 7.37. The molecule has 2 heterocycles. The van der Waals surface area contributed by atoms with E-state index in [-0.39, 0.29) is 0 Å². The first-order valence-electron chi connectivity index (χ1n) is 17.9. The fourth-order valence-electron chi connectivity index (χ4n) is 7.37.